The molecule has 11 heteroatoms. The number of likely N-dealkylation sites (tertiary alicyclic amines) is 2. The van der Waals surface area contributed by atoms with Crippen LogP contribution < -0.4 is 10.1 Å². The number of rotatable bonds is 4. The molecule has 0 saturated carbocycles. The molecule has 2 amide bonds. The maximum atomic E-state index is 11.7. The molecule has 182 valence electrons. The van der Waals surface area contributed by atoms with Crippen molar-refractivity contribution >= 4 is 12.2 Å². The molecule has 1 N–H and O–H groups in total. The number of alkyl halides is 3. The molecule has 0 aromatic heterocycles. The summed E-state index contributed by atoms with van der Waals surface area (Å²) in [5, 5.41) is 17.1. The monoisotopic (exact) mass is 468 g/mol. The molecule has 0 aliphatic carbocycles. The lowest BCUT2D eigenvalue weighted by Crippen LogP contribution is -2.44. The fraction of sp³-hybridized carbons (Fsp3) is 0.500. The quantitative estimate of drug-likeness (QED) is 0.410. The second-order valence-electron chi connectivity index (χ2n) is 7.17. The van der Waals surface area contributed by atoms with E-state index >= 15 is 0 Å². The van der Waals surface area contributed by atoms with Crippen molar-refractivity contribution in [2.75, 3.05) is 33.2 Å². The maximum absolute atomic E-state index is 11.7. The predicted molar refractivity (Wildman–Crippen MR) is 120 cm³/mol. The summed E-state index contributed by atoms with van der Waals surface area (Å²) in [7, 11) is 1.83. The van der Waals surface area contributed by atoms with Gasteiger partial charge in [-0.25, -0.2) is 4.79 Å². The molecule has 2 fully saturated rings. The number of nitrogens with one attached hydrogen (secondary N) is 1. The molecule has 33 heavy (non-hydrogen) atoms. The number of nitrogens with zero attached hydrogens (tertiary/aromatic N) is 5. The van der Waals surface area contributed by atoms with Crippen molar-refractivity contribution in [3.05, 3.63) is 43.1 Å². The molecule has 0 bridgehead atoms. The Hall–Kier alpha value is -3.42. The predicted octanol–water partition coefficient (Wildman–Crippen LogP) is 4.00. The summed E-state index contributed by atoms with van der Waals surface area (Å²) < 4.78 is 38.2. The van der Waals surface area contributed by atoms with E-state index in [1.165, 1.54) is 24.3 Å². The van der Waals surface area contributed by atoms with E-state index in [4.69, 9.17) is 5.26 Å². The average molecular weight is 469 g/mol. The van der Waals surface area contributed by atoms with Crippen LogP contribution in [0, 0.1) is 11.5 Å². The summed E-state index contributed by atoms with van der Waals surface area (Å²) in [5.41, 5.74) is 0. The summed E-state index contributed by atoms with van der Waals surface area (Å²) in [6.45, 7) is 8.53. The van der Waals surface area contributed by atoms with E-state index in [0.29, 0.717) is 6.54 Å². The van der Waals surface area contributed by atoms with E-state index < -0.39 is 6.36 Å². The van der Waals surface area contributed by atoms with Gasteiger partial charge in [-0.1, -0.05) is 24.8 Å². The molecule has 2 heterocycles. The highest BCUT2D eigenvalue weighted by Crippen LogP contribution is 2.21. The lowest BCUT2D eigenvalue weighted by atomic mass is 10.3. The molecular weight excluding hydrogens is 437 g/mol. The lowest BCUT2D eigenvalue weighted by molar-refractivity contribution is -0.274. The molecule has 1 aromatic carbocycles. The van der Waals surface area contributed by atoms with Crippen LogP contribution in [-0.2, 0) is 0 Å². The van der Waals surface area contributed by atoms with Crippen LogP contribution in [0.4, 0.5) is 18.0 Å². The van der Waals surface area contributed by atoms with Crippen LogP contribution in [0.3, 0.4) is 0 Å². The molecule has 2 aliphatic rings. The molecule has 3 rings (SSSR count). The van der Waals surface area contributed by atoms with Gasteiger partial charge >= 0.3 is 12.4 Å². The zero-order valence-electron chi connectivity index (χ0n) is 19.0. The smallest absolute Gasteiger partial charge is 0.406 e. The van der Waals surface area contributed by atoms with Crippen LogP contribution in [0.2, 0.25) is 0 Å². The molecule has 0 spiro atoms. The maximum Gasteiger partial charge on any atom is 0.573 e. The van der Waals surface area contributed by atoms with E-state index in [1.54, 1.807) is 28.4 Å². The Morgan fingerprint density at radius 2 is 1.94 bits per heavy atom. The molecular formula is C22H31F3N6O2. The highest BCUT2D eigenvalue weighted by atomic mass is 19.4. The SMILES string of the molecule is C=CN(C)/N=C\C.FC(F)(F)Oc1ccccc1.N#CN1CCC(NC(=O)N2CCCC2)C1. The number of hydrazone groups is 1. The van der Waals surface area contributed by atoms with Crippen molar-refractivity contribution in [3.8, 4) is 11.9 Å². The lowest BCUT2D eigenvalue weighted by Gasteiger charge is -2.19. The molecule has 1 atom stereocenters. The zero-order valence-corrected chi connectivity index (χ0v) is 19.0. The summed E-state index contributed by atoms with van der Waals surface area (Å²) >= 11 is 0. The number of ether oxygens (including phenoxy) is 1. The number of urea groups is 1. The first-order valence-corrected chi connectivity index (χ1v) is 10.5. The average Bonchev–Trinajstić information content (AvgIpc) is 3.46. The van der Waals surface area contributed by atoms with Gasteiger partial charge in [0.1, 0.15) is 5.75 Å². The normalized spacial score (nSPS) is 17.3. The van der Waals surface area contributed by atoms with Crippen molar-refractivity contribution in [2.45, 2.75) is 38.6 Å². The molecule has 2 saturated heterocycles. The summed E-state index contributed by atoms with van der Waals surface area (Å²) in [6, 6.07) is 7.24. The number of carbonyl (C=O) groups is 1. The Kier molecular flexibility index (Phi) is 12.2. The van der Waals surface area contributed by atoms with Gasteiger partial charge in [0.15, 0.2) is 6.19 Å². The minimum Gasteiger partial charge on any atom is -0.406 e. The summed E-state index contributed by atoms with van der Waals surface area (Å²) in [6.07, 6.45) is 3.97. The number of nitriles is 1. The number of carbonyl (C=O) groups excluding carboxylic acids is 1. The topological polar surface area (TPSA) is 84.2 Å². The minimum absolute atomic E-state index is 0.0392. The number of amides is 2. The molecule has 1 unspecified atom stereocenters. The van der Waals surface area contributed by atoms with Crippen molar-refractivity contribution in [1.29, 1.82) is 5.26 Å². The standard InChI is InChI=1S/C10H16N4O.C7H5F3O.C5H10N2/c11-8-13-6-3-9(7-13)12-10(15)14-4-1-2-5-14;8-7(9,10)11-6-4-2-1-3-5-6;1-4-6-7(3)5-2/h9H,1-7H2,(H,12,15);1-5H;4-5H,2H2,1,3H3/b;;6-4-. The summed E-state index contributed by atoms with van der Waals surface area (Å²) in [5.74, 6) is -0.194. The zero-order chi connectivity index (χ0) is 24.7. The first-order chi connectivity index (χ1) is 15.7. The van der Waals surface area contributed by atoms with Gasteiger partial charge in [-0.2, -0.15) is 10.4 Å². The van der Waals surface area contributed by atoms with Crippen LogP contribution in [0.5, 0.6) is 5.75 Å². The van der Waals surface area contributed by atoms with Crippen LogP contribution in [-0.4, -0.2) is 72.7 Å². The van der Waals surface area contributed by atoms with Gasteiger partial charge in [0.05, 0.1) is 6.04 Å². The first kappa shape index (κ1) is 27.6. The molecule has 8 nitrogen and oxygen atoms in total. The third-order valence-electron chi connectivity index (χ3n) is 4.59. The Balaban J connectivity index is 0.000000267. The fourth-order valence-corrected chi connectivity index (χ4v) is 3.01. The van der Waals surface area contributed by atoms with Gasteiger partial charge in [-0.15, -0.1) is 13.2 Å². The Labute approximate surface area is 192 Å². The molecule has 1 aromatic rings. The Morgan fingerprint density at radius 1 is 1.30 bits per heavy atom. The van der Waals surface area contributed by atoms with Crippen molar-refractivity contribution in [1.82, 2.24) is 20.1 Å². The second kappa shape index (κ2) is 14.6. The summed E-state index contributed by atoms with van der Waals surface area (Å²) in [4.78, 5) is 15.3. The van der Waals surface area contributed by atoms with Crippen LogP contribution in [0.15, 0.2) is 48.2 Å². The van der Waals surface area contributed by atoms with Crippen LogP contribution >= 0.6 is 0 Å². The van der Waals surface area contributed by atoms with E-state index in [2.05, 4.69) is 27.9 Å². The number of benzene rings is 1. The Bertz CT molecular complexity index is 777. The van der Waals surface area contributed by atoms with Crippen LogP contribution in [0.25, 0.3) is 0 Å². The van der Waals surface area contributed by atoms with E-state index in [0.717, 1.165) is 38.9 Å². The number of halogens is 3. The first-order valence-electron chi connectivity index (χ1n) is 10.5. The van der Waals surface area contributed by atoms with Crippen molar-refractivity contribution in [2.24, 2.45) is 5.10 Å². The third-order valence-corrected chi connectivity index (χ3v) is 4.59. The van der Waals surface area contributed by atoms with Gasteiger partial charge in [0.25, 0.3) is 0 Å². The third kappa shape index (κ3) is 12.3. The number of hydrogen-bond donors (Lipinski definition) is 1. The van der Waals surface area contributed by atoms with Crippen LogP contribution in [0.1, 0.15) is 26.2 Å². The van der Waals surface area contributed by atoms with Gasteiger partial charge in [0.2, 0.25) is 0 Å². The van der Waals surface area contributed by atoms with Gasteiger partial charge < -0.3 is 19.9 Å². The van der Waals surface area contributed by atoms with Crippen molar-refractivity contribution < 1.29 is 22.7 Å². The fourth-order valence-electron chi connectivity index (χ4n) is 3.01. The largest absolute Gasteiger partial charge is 0.573 e. The molecule has 0 radical (unpaired) electrons. The second-order valence-corrected chi connectivity index (χ2v) is 7.17. The van der Waals surface area contributed by atoms with E-state index in [-0.39, 0.29) is 17.8 Å². The van der Waals surface area contributed by atoms with Gasteiger partial charge in [-0.05, 0) is 38.3 Å². The van der Waals surface area contributed by atoms with E-state index in [1.807, 2.05) is 18.9 Å². The van der Waals surface area contributed by atoms with Crippen molar-refractivity contribution in [3.63, 3.8) is 0 Å². The number of hydrogen-bond acceptors (Lipinski definition) is 6. The van der Waals surface area contributed by atoms with Gasteiger partial charge in [-0.3, -0.25) is 5.01 Å². The highest BCUT2D eigenvalue weighted by Gasteiger charge is 2.30. The van der Waals surface area contributed by atoms with E-state index in [9.17, 15) is 18.0 Å². The Morgan fingerprint density at radius 3 is 2.39 bits per heavy atom. The van der Waals surface area contributed by atoms with Gasteiger partial charge in [0, 0.05) is 45.6 Å². The highest BCUT2D eigenvalue weighted by molar-refractivity contribution is 5.74. The minimum atomic E-state index is -4.60. The molecule has 2 aliphatic heterocycles. The number of para-hydroxylation sites is 1.